The predicted octanol–water partition coefficient (Wildman–Crippen LogP) is 4.49. The molecule has 3 rings (SSSR count). The van der Waals surface area contributed by atoms with Crippen LogP contribution >= 0.6 is 0 Å². The highest BCUT2D eigenvalue weighted by Crippen LogP contribution is 2.33. The minimum absolute atomic E-state index is 0.135. The van der Waals surface area contributed by atoms with Crippen LogP contribution in [0.2, 0.25) is 0 Å². The minimum Gasteiger partial charge on any atom is -0.346 e. The molecule has 1 aromatic carbocycles. The SMILES string of the molecule is CCC1CCC(Cc2ccc(C3OCCO3)cc2)CC1. The second-order valence-electron chi connectivity index (χ2n) is 6.31. The van der Waals surface area contributed by atoms with Crippen molar-refractivity contribution in [3.8, 4) is 0 Å². The lowest BCUT2D eigenvalue weighted by Crippen LogP contribution is -2.15. The van der Waals surface area contributed by atoms with Crippen LogP contribution in [0, 0.1) is 11.8 Å². The molecule has 2 heteroatoms. The topological polar surface area (TPSA) is 18.5 Å². The van der Waals surface area contributed by atoms with E-state index in [1.165, 1.54) is 44.1 Å². The molecule has 0 aromatic heterocycles. The van der Waals surface area contributed by atoms with Crippen molar-refractivity contribution in [1.82, 2.24) is 0 Å². The fourth-order valence-electron chi connectivity index (χ4n) is 3.54. The van der Waals surface area contributed by atoms with Crippen LogP contribution in [0.15, 0.2) is 24.3 Å². The third-order valence-corrected chi connectivity index (χ3v) is 4.94. The van der Waals surface area contributed by atoms with Crippen LogP contribution in [0.4, 0.5) is 0 Å². The lowest BCUT2D eigenvalue weighted by molar-refractivity contribution is -0.0441. The van der Waals surface area contributed by atoms with Gasteiger partial charge < -0.3 is 9.47 Å². The highest BCUT2D eigenvalue weighted by molar-refractivity contribution is 5.24. The largest absolute Gasteiger partial charge is 0.346 e. The maximum atomic E-state index is 5.53. The van der Waals surface area contributed by atoms with Gasteiger partial charge in [-0.2, -0.15) is 0 Å². The number of rotatable bonds is 4. The molecule has 20 heavy (non-hydrogen) atoms. The first-order valence-corrected chi connectivity index (χ1v) is 8.17. The smallest absolute Gasteiger partial charge is 0.184 e. The molecular formula is C18H26O2. The molecule has 1 aromatic rings. The van der Waals surface area contributed by atoms with Gasteiger partial charge in [0.1, 0.15) is 0 Å². The lowest BCUT2D eigenvalue weighted by Gasteiger charge is -2.27. The summed E-state index contributed by atoms with van der Waals surface area (Å²) in [7, 11) is 0. The average molecular weight is 274 g/mol. The molecule has 0 bridgehead atoms. The van der Waals surface area contributed by atoms with Gasteiger partial charge in [0.25, 0.3) is 0 Å². The molecular weight excluding hydrogens is 248 g/mol. The van der Waals surface area contributed by atoms with Crippen LogP contribution < -0.4 is 0 Å². The molecule has 1 aliphatic heterocycles. The van der Waals surface area contributed by atoms with Gasteiger partial charge in [-0.1, -0.05) is 50.5 Å². The molecule has 0 spiro atoms. The summed E-state index contributed by atoms with van der Waals surface area (Å²) >= 11 is 0. The minimum atomic E-state index is -0.135. The fraction of sp³-hybridized carbons (Fsp3) is 0.667. The highest BCUT2D eigenvalue weighted by Gasteiger charge is 2.21. The van der Waals surface area contributed by atoms with Gasteiger partial charge in [-0.05, 0) is 36.7 Å². The summed E-state index contributed by atoms with van der Waals surface area (Å²) in [5.41, 5.74) is 2.62. The maximum absolute atomic E-state index is 5.53. The first-order chi connectivity index (χ1) is 9.85. The van der Waals surface area contributed by atoms with E-state index in [0.29, 0.717) is 13.2 Å². The zero-order chi connectivity index (χ0) is 13.8. The van der Waals surface area contributed by atoms with Gasteiger partial charge >= 0.3 is 0 Å². The van der Waals surface area contributed by atoms with Gasteiger partial charge in [0.15, 0.2) is 6.29 Å². The third-order valence-electron chi connectivity index (χ3n) is 4.94. The lowest BCUT2D eigenvalue weighted by atomic mass is 9.78. The normalized spacial score (nSPS) is 27.9. The van der Waals surface area contributed by atoms with Gasteiger partial charge in [-0.15, -0.1) is 0 Å². The standard InChI is InChI=1S/C18H26O2/c1-2-14-3-5-15(6-4-14)13-16-7-9-17(10-8-16)18-19-11-12-20-18/h7-10,14-15,18H,2-6,11-13H2,1H3. The summed E-state index contributed by atoms with van der Waals surface area (Å²) < 4.78 is 11.1. The molecule has 0 unspecified atom stereocenters. The van der Waals surface area contributed by atoms with Crippen molar-refractivity contribution in [1.29, 1.82) is 0 Å². The third kappa shape index (κ3) is 3.42. The second-order valence-corrected chi connectivity index (χ2v) is 6.31. The second kappa shape index (κ2) is 6.73. The Kier molecular flexibility index (Phi) is 4.74. The van der Waals surface area contributed by atoms with E-state index in [4.69, 9.17) is 9.47 Å². The van der Waals surface area contributed by atoms with E-state index < -0.39 is 0 Å². The molecule has 0 amide bonds. The van der Waals surface area contributed by atoms with Gasteiger partial charge in [-0.3, -0.25) is 0 Å². The summed E-state index contributed by atoms with van der Waals surface area (Å²) in [5.74, 6) is 1.88. The number of hydrogen-bond donors (Lipinski definition) is 0. The van der Waals surface area contributed by atoms with Crippen LogP contribution in [0.1, 0.15) is 56.4 Å². The molecule has 110 valence electrons. The summed E-state index contributed by atoms with van der Waals surface area (Å²) in [6.07, 6.45) is 8.16. The van der Waals surface area contributed by atoms with Crippen LogP contribution in [-0.4, -0.2) is 13.2 Å². The van der Waals surface area contributed by atoms with Crippen molar-refractivity contribution >= 4 is 0 Å². The molecule has 1 saturated carbocycles. The van der Waals surface area contributed by atoms with E-state index in [1.807, 2.05) is 0 Å². The molecule has 2 nitrogen and oxygen atoms in total. The van der Waals surface area contributed by atoms with Crippen molar-refractivity contribution in [2.75, 3.05) is 13.2 Å². The Morgan fingerprint density at radius 1 is 0.900 bits per heavy atom. The van der Waals surface area contributed by atoms with Crippen molar-refractivity contribution in [3.63, 3.8) is 0 Å². The maximum Gasteiger partial charge on any atom is 0.184 e. The molecule has 0 atom stereocenters. The average Bonchev–Trinajstić information content (AvgIpc) is 3.03. The first kappa shape index (κ1) is 14.1. The van der Waals surface area contributed by atoms with Crippen LogP contribution in [0.5, 0.6) is 0 Å². The highest BCUT2D eigenvalue weighted by atomic mass is 16.7. The van der Waals surface area contributed by atoms with E-state index in [-0.39, 0.29) is 6.29 Å². The molecule has 0 N–H and O–H groups in total. The van der Waals surface area contributed by atoms with Crippen molar-refractivity contribution < 1.29 is 9.47 Å². The van der Waals surface area contributed by atoms with E-state index in [1.54, 1.807) is 0 Å². The molecule has 2 fully saturated rings. The van der Waals surface area contributed by atoms with Gasteiger partial charge in [0.05, 0.1) is 13.2 Å². The van der Waals surface area contributed by atoms with Crippen LogP contribution in [0.25, 0.3) is 0 Å². The van der Waals surface area contributed by atoms with Crippen LogP contribution in [-0.2, 0) is 15.9 Å². The quantitative estimate of drug-likeness (QED) is 0.805. The number of hydrogen-bond acceptors (Lipinski definition) is 2. The Morgan fingerprint density at radius 2 is 1.50 bits per heavy atom. The Hall–Kier alpha value is -0.860. The fourth-order valence-corrected chi connectivity index (χ4v) is 3.54. The van der Waals surface area contributed by atoms with Crippen LogP contribution in [0.3, 0.4) is 0 Å². The zero-order valence-electron chi connectivity index (χ0n) is 12.5. The van der Waals surface area contributed by atoms with E-state index in [0.717, 1.165) is 17.4 Å². The Balaban J connectivity index is 1.53. The van der Waals surface area contributed by atoms with Gasteiger partial charge in [0.2, 0.25) is 0 Å². The summed E-state index contributed by atoms with van der Waals surface area (Å²) in [4.78, 5) is 0. The molecule has 0 radical (unpaired) electrons. The summed E-state index contributed by atoms with van der Waals surface area (Å²) in [6.45, 7) is 3.76. The Labute approximate surface area is 122 Å². The van der Waals surface area contributed by atoms with Crippen molar-refractivity contribution in [3.05, 3.63) is 35.4 Å². The summed E-state index contributed by atoms with van der Waals surface area (Å²) in [6, 6.07) is 8.85. The molecule has 1 aliphatic carbocycles. The van der Waals surface area contributed by atoms with E-state index >= 15 is 0 Å². The number of benzene rings is 1. The van der Waals surface area contributed by atoms with Crippen molar-refractivity contribution in [2.24, 2.45) is 11.8 Å². The molecule has 1 heterocycles. The van der Waals surface area contributed by atoms with E-state index in [2.05, 4.69) is 31.2 Å². The molecule has 1 saturated heterocycles. The van der Waals surface area contributed by atoms with Gasteiger partial charge in [0, 0.05) is 5.56 Å². The van der Waals surface area contributed by atoms with E-state index in [9.17, 15) is 0 Å². The Bertz CT molecular complexity index is 398. The molecule has 2 aliphatic rings. The summed E-state index contributed by atoms with van der Waals surface area (Å²) in [5, 5.41) is 0. The van der Waals surface area contributed by atoms with Crippen molar-refractivity contribution in [2.45, 2.75) is 51.7 Å². The number of ether oxygens (including phenoxy) is 2. The first-order valence-electron chi connectivity index (χ1n) is 8.17. The van der Waals surface area contributed by atoms with Gasteiger partial charge in [-0.25, -0.2) is 0 Å². The Morgan fingerprint density at radius 3 is 2.10 bits per heavy atom. The predicted molar refractivity (Wildman–Crippen MR) is 80.5 cm³/mol. The monoisotopic (exact) mass is 274 g/mol. The zero-order valence-corrected chi connectivity index (χ0v) is 12.5.